The summed E-state index contributed by atoms with van der Waals surface area (Å²) in [6.45, 7) is 3.56. The van der Waals surface area contributed by atoms with Gasteiger partial charge in [0.05, 0.1) is 17.8 Å². The Morgan fingerprint density at radius 1 is 0.946 bits per heavy atom. The molecule has 0 unspecified atom stereocenters. The van der Waals surface area contributed by atoms with E-state index in [9.17, 15) is 43.4 Å². The van der Waals surface area contributed by atoms with Crippen LogP contribution in [0.5, 0.6) is 0 Å². The molecule has 0 radical (unpaired) electrons. The second-order valence-corrected chi connectivity index (χ2v) is 14.5. The molecule has 3 aromatic rings. The van der Waals surface area contributed by atoms with Crippen molar-refractivity contribution in [3.63, 3.8) is 0 Å². The predicted octanol–water partition coefficient (Wildman–Crippen LogP) is 2.36. The number of aliphatic carboxylic acids is 1. The third kappa shape index (κ3) is 10.3. The number of imide groups is 2. The zero-order valence-corrected chi connectivity index (χ0v) is 31.4. The number of carbonyl (C=O) groups excluding carboxylic acids is 5. The van der Waals surface area contributed by atoms with Crippen molar-refractivity contribution in [1.29, 1.82) is 0 Å². The van der Waals surface area contributed by atoms with Gasteiger partial charge in [-0.2, -0.15) is 0 Å². The topological polar surface area (TPSA) is 222 Å². The lowest BCUT2D eigenvalue weighted by Crippen LogP contribution is -2.57. The standard InChI is InChI=1S/C39H47F2N7O8/c1-39(2,3)35(36-44-29(26-19-25(40)12-13-27(26)41)21-45(36)20-24-9-5-4-6-10-24)46(34(53)23-49)18-16-28(43)37(54)48(30(38(55)56)11-7-8-17-42)33(52)22-47-31(50)14-15-32(47)51/h4-6,9-10,12-15,19,21,28,30,35,49H,7-8,11,16-18,20,22-23,42-43H2,1-3H3,(H,55,56)/t28-,30-,35-/m0/s1. The van der Waals surface area contributed by atoms with E-state index >= 15 is 4.39 Å². The molecule has 300 valence electrons. The molecule has 2 heterocycles. The molecular formula is C39H47F2N7O8. The molecule has 56 heavy (non-hydrogen) atoms. The Morgan fingerprint density at radius 2 is 1.61 bits per heavy atom. The Labute approximate surface area is 322 Å². The normalized spacial score (nSPS) is 14.5. The fourth-order valence-electron chi connectivity index (χ4n) is 6.54. The summed E-state index contributed by atoms with van der Waals surface area (Å²) >= 11 is 0. The number of halogens is 2. The van der Waals surface area contributed by atoms with Crippen molar-refractivity contribution < 1.29 is 47.8 Å². The summed E-state index contributed by atoms with van der Waals surface area (Å²) < 4.78 is 31.1. The van der Waals surface area contributed by atoms with Crippen molar-refractivity contribution in [2.24, 2.45) is 16.9 Å². The average Bonchev–Trinajstić information content (AvgIpc) is 3.70. The molecule has 0 spiro atoms. The van der Waals surface area contributed by atoms with Crippen LogP contribution in [0, 0.1) is 17.0 Å². The molecule has 3 atom stereocenters. The highest BCUT2D eigenvalue weighted by Gasteiger charge is 2.41. The van der Waals surface area contributed by atoms with Crippen LogP contribution in [0.25, 0.3) is 11.3 Å². The zero-order chi connectivity index (χ0) is 41.3. The molecule has 17 heteroatoms. The molecule has 0 fully saturated rings. The van der Waals surface area contributed by atoms with Gasteiger partial charge in [-0.1, -0.05) is 51.1 Å². The lowest BCUT2D eigenvalue weighted by Gasteiger charge is -2.40. The summed E-state index contributed by atoms with van der Waals surface area (Å²) in [6.07, 6.45) is 3.43. The maximum atomic E-state index is 15.1. The Bertz CT molecular complexity index is 1950. The monoisotopic (exact) mass is 779 g/mol. The lowest BCUT2D eigenvalue weighted by atomic mass is 9.84. The number of benzene rings is 2. The van der Waals surface area contributed by atoms with Crippen LogP contribution in [0.4, 0.5) is 8.78 Å². The minimum atomic E-state index is -1.72. The van der Waals surface area contributed by atoms with Gasteiger partial charge in [0.15, 0.2) is 0 Å². The van der Waals surface area contributed by atoms with E-state index in [4.69, 9.17) is 16.5 Å². The molecule has 1 aromatic heterocycles. The fraction of sp³-hybridized carbons (Fsp3) is 0.410. The summed E-state index contributed by atoms with van der Waals surface area (Å²) in [6, 6.07) is 7.79. The molecule has 1 aliphatic heterocycles. The number of imidazole rings is 1. The van der Waals surface area contributed by atoms with Crippen LogP contribution in [0.2, 0.25) is 0 Å². The van der Waals surface area contributed by atoms with Gasteiger partial charge in [-0.3, -0.25) is 33.8 Å². The third-order valence-electron chi connectivity index (χ3n) is 9.27. The first kappa shape index (κ1) is 43.1. The molecule has 15 nitrogen and oxygen atoms in total. The number of rotatable bonds is 18. The van der Waals surface area contributed by atoms with E-state index in [0.717, 1.165) is 35.9 Å². The molecule has 2 aromatic carbocycles. The van der Waals surface area contributed by atoms with Crippen LogP contribution in [0.15, 0.2) is 66.9 Å². The highest BCUT2D eigenvalue weighted by Crippen LogP contribution is 2.39. The molecule has 0 bridgehead atoms. The second kappa shape index (κ2) is 18.8. The van der Waals surface area contributed by atoms with E-state index < -0.39 is 83.8 Å². The Balaban J connectivity index is 1.73. The number of aliphatic hydroxyl groups excluding tert-OH is 1. The number of nitrogens with two attached hydrogens (primary N) is 2. The number of hydrogen-bond donors (Lipinski definition) is 4. The van der Waals surface area contributed by atoms with Crippen molar-refractivity contribution in [3.8, 4) is 11.3 Å². The number of carboxylic acids is 1. The van der Waals surface area contributed by atoms with Gasteiger partial charge in [-0.05, 0) is 61.4 Å². The van der Waals surface area contributed by atoms with Crippen molar-refractivity contribution in [3.05, 3.63) is 89.9 Å². The van der Waals surface area contributed by atoms with Crippen LogP contribution in [0.3, 0.4) is 0 Å². The first-order chi connectivity index (χ1) is 26.5. The summed E-state index contributed by atoms with van der Waals surface area (Å²) in [5.41, 5.74) is 11.8. The molecule has 0 saturated carbocycles. The SMILES string of the molecule is CC(C)(C)[C@H](c1nc(-c2cc(F)ccc2F)cn1Cc1ccccc1)N(CC[C@H](N)C(=O)N(C(=O)CN1C(=O)C=CC1=O)[C@@H](CCCCN)C(=O)O)C(=O)CO. The highest BCUT2D eigenvalue weighted by molar-refractivity contribution is 6.15. The van der Waals surface area contributed by atoms with Gasteiger partial charge in [-0.25, -0.2) is 18.6 Å². The number of hydrogen-bond acceptors (Lipinski definition) is 10. The molecule has 0 saturated heterocycles. The van der Waals surface area contributed by atoms with Gasteiger partial charge in [-0.15, -0.1) is 0 Å². The number of aromatic nitrogens is 2. The molecule has 0 aliphatic carbocycles. The maximum Gasteiger partial charge on any atom is 0.326 e. The van der Waals surface area contributed by atoms with Crippen molar-refractivity contribution in [2.75, 3.05) is 26.2 Å². The number of nitrogens with zero attached hydrogens (tertiary/aromatic N) is 5. The lowest BCUT2D eigenvalue weighted by molar-refractivity contribution is -0.161. The second-order valence-electron chi connectivity index (χ2n) is 14.5. The van der Waals surface area contributed by atoms with E-state index in [1.54, 1.807) is 25.3 Å². The minimum Gasteiger partial charge on any atom is -0.480 e. The average molecular weight is 780 g/mol. The first-order valence-electron chi connectivity index (χ1n) is 18.0. The van der Waals surface area contributed by atoms with Gasteiger partial charge < -0.3 is 31.1 Å². The van der Waals surface area contributed by atoms with Crippen molar-refractivity contribution in [2.45, 2.75) is 71.1 Å². The molecule has 4 rings (SSSR count). The smallest absolute Gasteiger partial charge is 0.326 e. The van der Waals surface area contributed by atoms with E-state index in [1.165, 1.54) is 11.1 Å². The van der Waals surface area contributed by atoms with Crippen LogP contribution in [-0.2, 0) is 35.3 Å². The maximum absolute atomic E-state index is 15.1. The predicted molar refractivity (Wildman–Crippen MR) is 199 cm³/mol. The van der Waals surface area contributed by atoms with Crippen LogP contribution in [-0.4, -0.2) is 108 Å². The van der Waals surface area contributed by atoms with Crippen LogP contribution in [0.1, 0.15) is 63.9 Å². The van der Waals surface area contributed by atoms with Crippen molar-refractivity contribution in [1.82, 2.24) is 24.3 Å². The van der Waals surface area contributed by atoms with E-state index in [0.29, 0.717) is 16.2 Å². The minimum absolute atomic E-state index is 0.0686. The van der Waals surface area contributed by atoms with E-state index in [-0.39, 0.29) is 56.0 Å². The summed E-state index contributed by atoms with van der Waals surface area (Å²) in [7, 11) is 0. The van der Waals surface area contributed by atoms with Gasteiger partial charge in [0, 0.05) is 37.0 Å². The summed E-state index contributed by atoms with van der Waals surface area (Å²) in [5, 5.41) is 20.3. The number of aliphatic hydroxyl groups is 1. The molecule has 1 aliphatic rings. The first-order valence-corrected chi connectivity index (χ1v) is 18.0. The Morgan fingerprint density at radius 3 is 2.20 bits per heavy atom. The number of amides is 5. The highest BCUT2D eigenvalue weighted by atomic mass is 19.1. The Kier molecular flexibility index (Phi) is 14.5. The fourth-order valence-corrected chi connectivity index (χ4v) is 6.54. The number of carbonyl (C=O) groups is 6. The summed E-state index contributed by atoms with van der Waals surface area (Å²) in [5.74, 6) is -7.48. The van der Waals surface area contributed by atoms with Gasteiger partial charge >= 0.3 is 5.97 Å². The molecular weight excluding hydrogens is 732 g/mol. The number of unbranched alkanes of at least 4 members (excludes halogenated alkanes) is 1. The molecule has 6 N–H and O–H groups in total. The van der Waals surface area contributed by atoms with Crippen molar-refractivity contribution >= 4 is 35.5 Å². The Hall–Kier alpha value is -5.65. The zero-order valence-electron chi connectivity index (χ0n) is 31.4. The van der Waals surface area contributed by atoms with Crippen LogP contribution >= 0.6 is 0 Å². The largest absolute Gasteiger partial charge is 0.480 e. The van der Waals surface area contributed by atoms with E-state index in [2.05, 4.69) is 0 Å². The van der Waals surface area contributed by atoms with E-state index in [1.807, 2.05) is 30.3 Å². The van der Waals surface area contributed by atoms with Gasteiger partial charge in [0.25, 0.3) is 11.8 Å². The number of carboxylic acid groups (broad SMARTS) is 1. The third-order valence-corrected chi connectivity index (χ3v) is 9.27. The molecule has 5 amide bonds. The van der Waals surface area contributed by atoms with Crippen LogP contribution < -0.4 is 11.5 Å². The summed E-state index contributed by atoms with van der Waals surface area (Å²) in [4.78, 5) is 85.2. The van der Waals surface area contributed by atoms with Gasteiger partial charge in [0.1, 0.15) is 36.7 Å². The van der Waals surface area contributed by atoms with Gasteiger partial charge in [0.2, 0.25) is 17.7 Å². The quantitative estimate of drug-likeness (QED) is 0.108.